The Morgan fingerprint density at radius 3 is 2.33 bits per heavy atom. The van der Waals surface area contributed by atoms with Gasteiger partial charge in [-0.05, 0) is 12.5 Å². The zero-order chi connectivity index (χ0) is 8.97. The summed E-state index contributed by atoms with van der Waals surface area (Å²) in [5.41, 5.74) is 1.11. The molecule has 0 heterocycles. The van der Waals surface area contributed by atoms with Gasteiger partial charge < -0.3 is 5.11 Å². The molecule has 2 atom stereocenters. The Hall–Kier alpha value is -1.08. The van der Waals surface area contributed by atoms with E-state index in [-0.39, 0.29) is 12.0 Å². The molecule has 0 aliphatic carbocycles. The third kappa shape index (κ3) is 1.95. The van der Waals surface area contributed by atoms with Gasteiger partial charge in [0, 0.05) is 5.92 Å². The lowest BCUT2D eigenvalue weighted by molar-refractivity contribution is 0.179. The molecule has 0 saturated heterocycles. The van der Waals surface area contributed by atoms with E-state index in [1.165, 1.54) is 0 Å². The maximum atomic E-state index is 9.39. The number of hydrogen-bond donors (Lipinski definition) is 1. The fourth-order valence-electron chi connectivity index (χ4n) is 1.29. The normalized spacial score (nSPS) is 15.2. The third-order valence-electron chi connectivity index (χ3n) is 1.96. The van der Waals surface area contributed by atoms with E-state index in [1.807, 2.05) is 30.3 Å². The summed E-state index contributed by atoms with van der Waals surface area (Å²) in [5, 5.41) is 9.39. The number of aliphatic hydroxyl groups excluding tert-OH is 1. The van der Waals surface area contributed by atoms with Crippen molar-refractivity contribution in [2.24, 2.45) is 0 Å². The minimum Gasteiger partial charge on any atom is -0.392 e. The van der Waals surface area contributed by atoms with E-state index in [1.54, 1.807) is 13.0 Å². The maximum Gasteiger partial charge on any atom is 0.0615 e. The minimum absolute atomic E-state index is 0.0474. The van der Waals surface area contributed by atoms with Crippen molar-refractivity contribution in [2.45, 2.75) is 18.9 Å². The van der Waals surface area contributed by atoms with Crippen molar-refractivity contribution in [1.82, 2.24) is 0 Å². The standard InChI is InChI=1S/C11H14O/c1-3-11(9(2)12)10-7-5-4-6-8-10/h3-9,11-12H,1H2,2H3/t9-,11+/m1/s1. The second-order valence-electron chi connectivity index (χ2n) is 2.91. The number of rotatable bonds is 3. The molecule has 0 bridgehead atoms. The molecule has 0 radical (unpaired) electrons. The molecule has 0 amide bonds. The number of benzene rings is 1. The molecule has 1 aromatic carbocycles. The van der Waals surface area contributed by atoms with Crippen LogP contribution in [0.15, 0.2) is 43.0 Å². The predicted molar refractivity (Wildman–Crippen MR) is 51.1 cm³/mol. The summed E-state index contributed by atoms with van der Waals surface area (Å²) >= 11 is 0. The molecule has 0 aromatic heterocycles. The van der Waals surface area contributed by atoms with Crippen molar-refractivity contribution in [3.63, 3.8) is 0 Å². The van der Waals surface area contributed by atoms with E-state index in [0.29, 0.717) is 0 Å². The molecule has 0 spiro atoms. The summed E-state index contributed by atoms with van der Waals surface area (Å²) < 4.78 is 0. The third-order valence-corrected chi connectivity index (χ3v) is 1.96. The monoisotopic (exact) mass is 162 g/mol. The second-order valence-corrected chi connectivity index (χ2v) is 2.91. The van der Waals surface area contributed by atoms with Crippen LogP contribution in [0.2, 0.25) is 0 Å². The molecule has 0 aliphatic rings. The highest BCUT2D eigenvalue weighted by Gasteiger charge is 2.11. The summed E-state index contributed by atoms with van der Waals surface area (Å²) in [6.45, 7) is 5.48. The molecule has 1 heteroatoms. The Labute approximate surface area is 73.4 Å². The Balaban J connectivity index is 2.88. The van der Waals surface area contributed by atoms with Crippen LogP contribution < -0.4 is 0 Å². The Kier molecular flexibility index (Phi) is 3.06. The maximum absolute atomic E-state index is 9.39. The summed E-state index contributed by atoms with van der Waals surface area (Å²) in [7, 11) is 0. The first kappa shape index (κ1) is 9.01. The molecule has 0 saturated carbocycles. The highest BCUT2D eigenvalue weighted by molar-refractivity contribution is 5.24. The molecular weight excluding hydrogens is 148 g/mol. The highest BCUT2D eigenvalue weighted by atomic mass is 16.3. The molecule has 1 rings (SSSR count). The van der Waals surface area contributed by atoms with Gasteiger partial charge in [-0.2, -0.15) is 0 Å². The van der Waals surface area contributed by atoms with Crippen LogP contribution in [0.3, 0.4) is 0 Å². The number of aliphatic hydroxyl groups is 1. The summed E-state index contributed by atoms with van der Waals surface area (Å²) in [6.07, 6.45) is 1.41. The van der Waals surface area contributed by atoms with Gasteiger partial charge >= 0.3 is 0 Å². The van der Waals surface area contributed by atoms with Gasteiger partial charge in [-0.3, -0.25) is 0 Å². The van der Waals surface area contributed by atoms with E-state index in [0.717, 1.165) is 5.56 Å². The molecule has 64 valence electrons. The lowest BCUT2D eigenvalue weighted by Gasteiger charge is -2.15. The smallest absolute Gasteiger partial charge is 0.0615 e. The second kappa shape index (κ2) is 4.07. The average Bonchev–Trinajstić information content (AvgIpc) is 2.07. The Morgan fingerprint density at radius 2 is 1.92 bits per heavy atom. The fraction of sp³-hybridized carbons (Fsp3) is 0.273. The topological polar surface area (TPSA) is 20.2 Å². The van der Waals surface area contributed by atoms with Crippen LogP contribution in [-0.4, -0.2) is 11.2 Å². The molecule has 1 aromatic rings. The van der Waals surface area contributed by atoms with Crippen LogP contribution in [0.25, 0.3) is 0 Å². The van der Waals surface area contributed by atoms with E-state index in [2.05, 4.69) is 6.58 Å². The predicted octanol–water partition coefficient (Wildman–Crippen LogP) is 2.34. The first-order valence-electron chi connectivity index (χ1n) is 4.11. The zero-order valence-electron chi connectivity index (χ0n) is 7.27. The van der Waals surface area contributed by atoms with Crippen molar-refractivity contribution in [3.8, 4) is 0 Å². The highest BCUT2D eigenvalue weighted by Crippen LogP contribution is 2.19. The average molecular weight is 162 g/mol. The molecule has 0 aliphatic heterocycles. The molecule has 1 N–H and O–H groups in total. The van der Waals surface area contributed by atoms with Crippen molar-refractivity contribution >= 4 is 0 Å². The lowest BCUT2D eigenvalue weighted by atomic mass is 9.95. The van der Waals surface area contributed by atoms with Crippen molar-refractivity contribution in [2.75, 3.05) is 0 Å². The van der Waals surface area contributed by atoms with Crippen LogP contribution in [0, 0.1) is 0 Å². The molecule has 0 fully saturated rings. The summed E-state index contributed by atoms with van der Waals surface area (Å²) in [5.74, 6) is 0.0474. The summed E-state index contributed by atoms with van der Waals surface area (Å²) in [6, 6.07) is 9.90. The minimum atomic E-state index is -0.370. The fourth-order valence-corrected chi connectivity index (χ4v) is 1.29. The summed E-state index contributed by atoms with van der Waals surface area (Å²) in [4.78, 5) is 0. The van der Waals surface area contributed by atoms with Crippen molar-refractivity contribution < 1.29 is 5.11 Å². The van der Waals surface area contributed by atoms with Gasteiger partial charge in [-0.15, -0.1) is 6.58 Å². The van der Waals surface area contributed by atoms with Gasteiger partial charge in [0.15, 0.2) is 0 Å². The van der Waals surface area contributed by atoms with Gasteiger partial charge in [0.05, 0.1) is 6.10 Å². The number of hydrogen-bond acceptors (Lipinski definition) is 1. The Morgan fingerprint density at radius 1 is 1.33 bits per heavy atom. The van der Waals surface area contributed by atoms with Crippen LogP contribution in [0.4, 0.5) is 0 Å². The van der Waals surface area contributed by atoms with E-state index < -0.39 is 0 Å². The zero-order valence-corrected chi connectivity index (χ0v) is 7.27. The van der Waals surface area contributed by atoms with Gasteiger partial charge in [0.2, 0.25) is 0 Å². The first-order valence-corrected chi connectivity index (χ1v) is 4.11. The first-order chi connectivity index (χ1) is 5.75. The molecule has 0 unspecified atom stereocenters. The molecule has 1 nitrogen and oxygen atoms in total. The van der Waals surface area contributed by atoms with Crippen LogP contribution >= 0.6 is 0 Å². The molecule has 12 heavy (non-hydrogen) atoms. The van der Waals surface area contributed by atoms with Gasteiger partial charge in [-0.25, -0.2) is 0 Å². The SMILES string of the molecule is C=C[C@H](c1ccccc1)[C@@H](C)O. The van der Waals surface area contributed by atoms with Crippen LogP contribution in [0.1, 0.15) is 18.4 Å². The van der Waals surface area contributed by atoms with Crippen molar-refractivity contribution in [1.29, 1.82) is 0 Å². The van der Waals surface area contributed by atoms with Crippen LogP contribution in [-0.2, 0) is 0 Å². The van der Waals surface area contributed by atoms with E-state index in [9.17, 15) is 5.11 Å². The Bertz CT molecular complexity index is 238. The largest absolute Gasteiger partial charge is 0.392 e. The van der Waals surface area contributed by atoms with E-state index in [4.69, 9.17) is 0 Å². The van der Waals surface area contributed by atoms with Crippen molar-refractivity contribution in [3.05, 3.63) is 48.6 Å². The quantitative estimate of drug-likeness (QED) is 0.676. The van der Waals surface area contributed by atoms with E-state index >= 15 is 0 Å². The lowest BCUT2D eigenvalue weighted by Crippen LogP contribution is -2.11. The van der Waals surface area contributed by atoms with Crippen LogP contribution in [0.5, 0.6) is 0 Å². The van der Waals surface area contributed by atoms with Gasteiger partial charge in [-0.1, -0.05) is 36.4 Å². The molecular formula is C11H14O. The van der Waals surface area contributed by atoms with Gasteiger partial charge in [0.1, 0.15) is 0 Å². The van der Waals surface area contributed by atoms with Gasteiger partial charge in [0.25, 0.3) is 0 Å².